The second-order valence-corrected chi connectivity index (χ2v) is 3.76. The van der Waals surface area contributed by atoms with Gasteiger partial charge < -0.3 is 4.74 Å². The van der Waals surface area contributed by atoms with Crippen LogP contribution in [0.3, 0.4) is 0 Å². The van der Waals surface area contributed by atoms with Gasteiger partial charge in [-0.1, -0.05) is 18.2 Å². The summed E-state index contributed by atoms with van der Waals surface area (Å²) in [5.41, 5.74) is 1.18. The minimum absolute atomic E-state index is 0.0311. The number of benzene rings is 2. The summed E-state index contributed by atoms with van der Waals surface area (Å²) in [6.45, 7) is 3.51. The van der Waals surface area contributed by atoms with Crippen LogP contribution >= 0.6 is 0 Å². The molecule has 19 heavy (non-hydrogen) atoms. The Labute approximate surface area is 111 Å². The van der Waals surface area contributed by atoms with Crippen molar-refractivity contribution in [2.24, 2.45) is 0 Å². The third-order valence-electron chi connectivity index (χ3n) is 2.51. The first-order valence-corrected chi connectivity index (χ1v) is 5.79. The van der Waals surface area contributed by atoms with Gasteiger partial charge in [-0.25, -0.2) is 14.1 Å². The number of hydrogen-bond donors (Lipinski definition) is 0. The maximum absolute atomic E-state index is 13.0. The summed E-state index contributed by atoms with van der Waals surface area (Å²) in [7, 11) is 0. The third kappa shape index (κ3) is 3.10. The Bertz CT molecular complexity index is 540. The third-order valence-corrected chi connectivity index (χ3v) is 2.51. The lowest BCUT2D eigenvalue weighted by Gasteiger charge is -2.21. The van der Waals surface area contributed by atoms with Crippen molar-refractivity contribution in [3.05, 3.63) is 67.3 Å². The average molecular weight is 258 g/mol. The highest BCUT2D eigenvalue weighted by Crippen LogP contribution is 2.26. The van der Waals surface area contributed by atoms with Crippen LogP contribution < -0.4 is 4.90 Å². The molecule has 0 aliphatic carbocycles. The number of nitrogens with zero attached hydrogens (tertiary/aromatic N) is 1. The summed E-state index contributed by atoms with van der Waals surface area (Å²) in [4.78, 5) is 13.4. The molecular weight excluding hydrogens is 245 g/mol. The zero-order chi connectivity index (χ0) is 13.7. The Morgan fingerprint density at radius 2 is 1.63 bits per heavy atom. The minimum Gasteiger partial charge on any atom is -0.449 e. The lowest BCUT2D eigenvalue weighted by Crippen LogP contribution is -2.26. The number of amides is 1. The summed E-state index contributed by atoms with van der Waals surface area (Å²) < 4.78 is 17.9. The van der Waals surface area contributed by atoms with Gasteiger partial charge in [0.1, 0.15) is 5.82 Å². The highest BCUT2D eigenvalue weighted by atomic mass is 19.1. The van der Waals surface area contributed by atoms with Crippen LogP contribution in [0.1, 0.15) is 0 Å². The molecule has 4 heteroatoms. The van der Waals surface area contributed by atoms with Crippen LogP contribution in [0, 0.1) is 12.7 Å². The molecule has 0 atom stereocenters. The van der Waals surface area contributed by atoms with E-state index in [2.05, 4.69) is 6.92 Å². The highest BCUT2D eigenvalue weighted by molar-refractivity contribution is 5.95. The van der Waals surface area contributed by atoms with Crippen LogP contribution in [0.15, 0.2) is 54.6 Å². The molecule has 0 heterocycles. The minimum atomic E-state index is -0.548. The first-order chi connectivity index (χ1) is 9.22. The van der Waals surface area contributed by atoms with Crippen LogP contribution in [0.25, 0.3) is 0 Å². The first-order valence-electron chi connectivity index (χ1n) is 5.79. The maximum atomic E-state index is 13.0. The van der Waals surface area contributed by atoms with Gasteiger partial charge in [-0.2, -0.15) is 0 Å². The molecule has 3 nitrogen and oxygen atoms in total. The number of carbonyl (C=O) groups excluding carboxylic acids is 1. The second kappa shape index (κ2) is 6.00. The number of halogens is 1. The fourth-order valence-electron chi connectivity index (χ4n) is 1.68. The van der Waals surface area contributed by atoms with Crippen molar-refractivity contribution in [2.75, 3.05) is 11.5 Å². The normalized spacial score (nSPS) is 10.0. The fraction of sp³-hybridized carbons (Fsp3) is 0.0667. The molecule has 0 N–H and O–H groups in total. The van der Waals surface area contributed by atoms with Gasteiger partial charge in [-0.3, -0.25) is 0 Å². The Kier molecular flexibility index (Phi) is 4.13. The molecular formula is C15H13FNO2. The summed E-state index contributed by atoms with van der Waals surface area (Å²) in [6.07, 6.45) is -0.548. The van der Waals surface area contributed by atoms with Crippen LogP contribution in [-0.4, -0.2) is 12.7 Å². The molecule has 0 saturated heterocycles. The van der Waals surface area contributed by atoms with Crippen molar-refractivity contribution in [2.45, 2.75) is 0 Å². The average Bonchev–Trinajstić information content (AvgIpc) is 2.43. The van der Waals surface area contributed by atoms with Crippen molar-refractivity contribution in [3.8, 4) is 0 Å². The Morgan fingerprint density at radius 3 is 2.21 bits per heavy atom. The number of rotatable bonds is 3. The van der Waals surface area contributed by atoms with Gasteiger partial charge in [0.15, 0.2) is 0 Å². The second-order valence-electron chi connectivity index (χ2n) is 3.76. The van der Waals surface area contributed by atoms with Crippen molar-refractivity contribution in [1.29, 1.82) is 0 Å². The number of carbonyl (C=O) groups is 1. The number of anilines is 2. The molecule has 0 aliphatic rings. The van der Waals surface area contributed by atoms with E-state index < -0.39 is 6.09 Å². The molecule has 0 fully saturated rings. The number of para-hydroxylation sites is 1. The zero-order valence-corrected chi connectivity index (χ0v) is 10.3. The van der Waals surface area contributed by atoms with E-state index >= 15 is 0 Å². The van der Waals surface area contributed by atoms with Crippen molar-refractivity contribution in [1.82, 2.24) is 0 Å². The predicted molar refractivity (Wildman–Crippen MR) is 71.7 cm³/mol. The lowest BCUT2D eigenvalue weighted by molar-refractivity contribution is 0.168. The molecule has 0 saturated carbocycles. The van der Waals surface area contributed by atoms with Gasteiger partial charge in [0.25, 0.3) is 0 Å². The van der Waals surface area contributed by atoms with Crippen molar-refractivity contribution >= 4 is 17.5 Å². The first kappa shape index (κ1) is 13.1. The number of ether oxygens (including phenoxy) is 1. The van der Waals surface area contributed by atoms with Gasteiger partial charge in [-0.05, 0) is 43.3 Å². The zero-order valence-electron chi connectivity index (χ0n) is 10.3. The quantitative estimate of drug-likeness (QED) is 0.834. The van der Waals surface area contributed by atoms with Gasteiger partial charge >= 0.3 is 6.09 Å². The van der Waals surface area contributed by atoms with Crippen LogP contribution in [0.4, 0.5) is 20.6 Å². The molecule has 0 bridgehead atoms. The van der Waals surface area contributed by atoms with E-state index in [1.807, 2.05) is 18.2 Å². The summed E-state index contributed by atoms with van der Waals surface area (Å²) in [6, 6.07) is 14.6. The molecule has 1 radical (unpaired) electrons. The van der Waals surface area contributed by atoms with Gasteiger partial charge in [-0.15, -0.1) is 0 Å². The van der Waals surface area contributed by atoms with Crippen LogP contribution in [-0.2, 0) is 4.74 Å². The smallest absolute Gasteiger partial charge is 0.418 e. The Balaban J connectivity index is 2.40. The monoisotopic (exact) mass is 258 g/mol. The van der Waals surface area contributed by atoms with Crippen molar-refractivity contribution < 1.29 is 13.9 Å². The molecule has 0 aromatic heterocycles. The maximum Gasteiger partial charge on any atom is 0.418 e. The Hall–Kier alpha value is -2.36. The molecule has 0 spiro atoms. The van der Waals surface area contributed by atoms with Gasteiger partial charge in [0.2, 0.25) is 0 Å². The molecule has 2 rings (SSSR count). The molecule has 2 aromatic carbocycles. The van der Waals surface area contributed by atoms with E-state index in [0.717, 1.165) is 0 Å². The molecule has 0 unspecified atom stereocenters. The Morgan fingerprint density at radius 1 is 1.05 bits per heavy atom. The van der Waals surface area contributed by atoms with Gasteiger partial charge in [0, 0.05) is 0 Å². The van der Waals surface area contributed by atoms with E-state index in [0.29, 0.717) is 11.4 Å². The van der Waals surface area contributed by atoms with Gasteiger partial charge in [0.05, 0.1) is 18.0 Å². The van der Waals surface area contributed by atoms with E-state index in [9.17, 15) is 9.18 Å². The highest BCUT2D eigenvalue weighted by Gasteiger charge is 2.18. The molecule has 0 aliphatic heterocycles. The molecule has 2 aromatic rings. The van der Waals surface area contributed by atoms with E-state index in [4.69, 9.17) is 4.74 Å². The predicted octanol–water partition coefficient (Wildman–Crippen LogP) is 3.93. The van der Waals surface area contributed by atoms with E-state index in [-0.39, 0.29) is 12.4 Å². The molecule has 97 valence electrons. The van der Waals surface area contributed by atoms with Crippen LogP contribution in [0.5, 0.6) is 0 Å². The summed E-state index contributed by atoms with van der Waals surface area (Å²) >= 11 is 0. The SMILES string of the molecule is [CH2]COC(=O)N(c1ccccc1)c1ccc(F)cc1. The van der Waals surface area contributed by atoms with Crippen LogP contribution in [0.2, 0.25) is 0 Å². The largest absolute Gasteiger partial charge is 0.449 e. The number of hydrogen-bond acceptors (Lipinski definition) is 2. The lowest BCUT2D eigenvalue weighted by atomic mass is 10.2. The van der Waals surface area contributed by atoms with Crippen molar-refractivity contribution in [3.63, 3.8) is 0 Å². The standard InChI is InChI=1S/C15H13FNO2/c1-2-19-15(18)17(13-6-4-3-5-7-13)14-10-8-12(16)9-11-14/h3-11H,1-2H2. The van der Waals surface area contributed by atoms with E-state index in [1.54, 1.807) is 12.1 Å². The van der Waals surface area contributed by atoms with E-state index in [1.165, 1.54) is 29.2 Å². The summed E-state index contributed by atoms with van der Waals surface area (Å²) in [5.74, 6) is -0.359. The fourth-order valence-corrected chi connectivity index (χ4v) is 1.68. The topological polar surface area (TPSA) is 29.5 Å². The molecule has 1 amide bonds. The summed E-state index contributed by atoms with van der Waals surface area (Å²) in [5, 5.41) is 0.